The molecule has 104 valence electrons. The zero-order chi connectivity index (χ0) is 13.8. The third-order valence-electron chi connectivity index (χ3n) is 3.03. The summed E-state index contributed by atoms with van der Waals surface area (Å²) in [6.45, 7) is 12.2. The van der Waals surface area contributed by atoms with Gasteiger partial charge in [0.25, 0.3) is 0 Å². The summed E-state index contributed by atoms with van der Waals surface area (Å²) >= 11 is 3.78. The molecule has 1 aromatic rings. The lowest BCUT2D eigenvalue weighted by Crippen LogP contribution is -2.20. The lowest BCUT2D eigenvalue weighted by molar-refractivity contribution is 0.378. The minimum Gasteiger partial charge on any atom is -0.250 e. The molecule has 0 spiro atoms. The average molecular weight is 316 g/mol. The molecule has 0 bridgehead atoms. The molecule has 0 aromatic carbocycles. The Bertz CT molecular complexity index is 352. The van der Waals surface area contributed by atoms with Crippen LogP contribution in [0.15, 0.2) is 6.33 Å². The Balaban J connectivity index is 2.42. The molecule has 1 aromatic heterocycles. The summed E-state index contributed by atoms with van der Waals surface area (Å²) in [5.74, 6) is 1.74. The zero-order valence-corrected chi connectivity index (χ0v) is 13.9. The fourth-order valence-electron chi connectivity index (χ4n) is 1.85. The monoisotopic (exact) mass is 315 g/mol. The third-order valence-corrected chi connectivity index (χ3v) is 4.86. The van der Waals surface area contributed by atoms with Gasteiger partial charge in [-0.1, -0.05) is 50.5 Å². The van der Waals surface area contributed by atoms with Crippen LogP contribution in [0.1, 0.15) is 53.3 Å². The summed E-state index contributed by atoms with van der Waals surface area (Å²) in [7, 11) is 0. The van der Waals surface area contributed by atoms with Crippen LogP contribution in [0.3, 0.4) is 0 Å². The Morgan fingerprint density at radius 2 is 2.00 bits per heavy atom. The van der Waals surface area contributed by atoms with Gasteiger partial charge in [0.2, 0.25) is 0 Å². The first-order valence-corrected chi connectivity index (χ1v) is 7.73. The van der Waals surface area contributed by atoms with Gasteiger partial charge in [-0.15, -0.1) is 0 Å². The summed E-state index contributed by atoms with van der Waals surface area (Å²) in [5, 5.41) is 4.30. The Hall–Kier alpha value is -0.380. The lowest BCUT2D eigenvalue weighted by atomic mass is 9.89. The Morgan fingerprint density at radius 1 is 1.33 bits per heavy atom. The molecule has 0 N–H and O–H groups in total. The Labute approximate surface area is 120 Å². The lowest BCUT2D eigenvalue weighted by Gasteiger charge is -2.25. The molecule has 4 heteroatoms. The van der Waals surface area contributed by atoms with E-state index in [9.17, 15) is 0 Å². The van der Waals surface area contributed by atoms with Crippen molar-refractivity contribution < 1.29 is 0 Å². The normalized spacial score (nSPS) is 14.2. The van der Waals surface area contributed by atoms with E-state index in [2.05, 4.69) is 60.6 Å². The van der Waals surface area contributed by atoms with E-state index in [0.717, 1.165) is 25.2 Å². The van der Waals surface area contributed by atoms with Crippen molar-refractivity contribution >= 4 is 15.9 Å². The second kappa shape index (κ2) is 6.69. The van der Waals surface area contributed by atoms with Gasteiger partial charge >= 0.3 is 0 Å². The fourth-order valence-corrected chi connectivity index (χ4v) is 2.18. The predicted octanol–water partition coefficient (Wildman–Crippen LogP) is 4.07. The fraction of sp³-hybridized carbons (Fsp3) is 0.857. The maximum Gasteiger partial charge on any atom is 0.138 e. The number of hydrogen-bond donors (Lipinski definition) is 0. The molecule has 0 radical (unpaired) electrons. The standard InChI is InChI=1S/C14H26BrN3/c1-11(2)9-18-13(16-10-17-18)8-6-7-12(15)14(3,4)5/h10-12H,6-9H2,1-5H3. The summed E-state index contributed by atoms with van der Waals surface area (Å²) in [4.78, 5) is 4.93. The molecule has 0 aliphatic carbocycles. The van der Waals surface area contributed by atoms with E-state index in [4.69, 9.17) is 0 Å². The molecule has 1 heterocycles. The van der Waals surface area contributed by atoms with Crippen molar-refractivity contribution in [2.45, 2.75) is 65.3 Å². The van der Waals surface area contributed by atoms with E-state index in [1.54, 1.807) is 6.33 Å². The first-order chi connectivity index (χ1) is 8.30. The second-order valence-electron chi connectivity index (χ2n) is 6.48. The van der Waals surface area contributed by atoms with Crippen molar-refractivity contribution in [2.24, 2.45) is 11.3 Å². The van der Waals surface area contributed by atoms with Gasteiger partial charge in [-0.25, -0.2) is 9.67 Å². The predicted molar refractivity (Wildman–Crippen MR) is 80.0 cm³/mol. The third kappa shape index (κ3) is 5.09. The molecule has 18 heavy (non-hydrogen) atoms. The van der Waals surface area contributed by atoms with Gasteiger partial charge in [0, 0.05) is 17.8 Å². The van der Waals surface area contributed by atoms with Crippen LogP contribution >= 0.6 is 15.9 Å². The van der Waals surface area contributed by atoms with E-state index in [0.29, 0.717) is 16.2 Å². The van der Waals surface area contributed by atoms with Crippen LogP contribution in [0.2, 0.25) is 0 Å². The van der Waals surface area contributed by atoms with Crippen LogP contribution in [-0.4, -0.2) is 19.6 Å². The molecular weight excluding hydrogens is 290 g/mol. The van der Waals surface area contributed by atoms with Gasteiger partial charge in [-0.05, 0) is 24.2 Å². The first-order valence-electron chi connectivity index (χ1n) is 6.81. The van der Waals surface area contributed by atoms with Crippen LogP contribution < -0.4 is 0 Å². The van der Waals surface area contributed by atoms with Crippen molar-refractivity contribution in [1.29, 1.82) is 0 Å². The maximum atomic E-state index is 4.36. The number of aryl methyl sites for hydroxylation is 1. The summed E-state index contributed by atoms with van der Waals surface area (Å²) in [6.07, 6.45) is 5.03. The molecule has 3 nitrogen and oxygen atoms in total. The van der Waals surface area contributed by atoms with E-state index >= 15 is 0 Å². The molecule has 1 unspecified atom stereocenters. The van der Waals surface area contributed by atoms with Gasteiger partial charge in [0.05, 0.1) is 0 Å². The van der Waals surface area contributed by atoms with E-state index in [1.807, 2.05) is 4.68 Å². The van der Waals surface area contributed by atoms with Crippen molar-refractivity contribution in [3.63, 3.8) is 0 Å². The minimum atomic E-state index is 0.325. The highest BCUT2D eigenvalue weighted by molar-refractivity contribution is 9.09. The highest BCUT2D eigenvalue weighted by atomic mass is 79.9. The molecule has 0 aliphatic rings. The quantitative estimate of drug-likeness (QED) is 0.741. The average Bonchev–Trinajstić information content (AvgIpc) is 2.63. The molecule has 0 saturated heterocycles. The van der Waals surface area contributed by atoms with E-state index in [1.165, 1.54) is 6.42 Å². The highest BCUT2D eigenvalue weighted by Gasteiger charge is 2.21. The number of halogens is 1. The van der Waals surface area contributed by atoms with Crippen LogP contribution in [-0.2, 0) is 13.0 Å². The van der Waals surface area contributed by atoms with E-state index in [-0.39, 0.29) is 0 Å². The number of nitrogens with zero attached hydrogens (tertiary/aromatic N) is 3. The second-order valence-corrected chi connectivity index (χ2v) is 7.58. The van der Waals surface area contributed by atoms with Gasteiger partial charge in [-0.2, -0.15) is 5.10 Å². The Morgan fingerprint density at radius 3 is 2.56 bits per heavy atom. The molecule has 0 amide bonds. The molecule has 1 atom stereocenters. The first kappa shape index (κ1) is 15.7. The number of rotatable bonds is 6. The summed E-state index contributed by atoms with van der Waals surface area (Å²) in [5.41, 5.74) is 0.325. The van der Waals surface area contributed by atoms with Crippen molar-refractivity contribution in [2.75, 3.05) is 0 Å². The van der Waals surface area contributed by atoms with Gasteiger partial charge in [-0.3, -0.25) is 0 Å². The highest BCUT2D eigenvalue weighted by Crippen LogP contribution is 2.29. The largest absolute Gasteiger partial charge is 0.250 e. The maximum absolute atomic E-state index is 4.36. The molecular formula is C14H26BrN3. The van der Waals surface area contributed by atoms with Crippen molar-refractivity contribution in [3.05, 3.63) is 12.2 Å². The van der Waals surface area contributed by atoms with Crippen LogP contribution in [0.4, 0.5) is 0 Å². The van der Waals surface area contributed by atoms with Crippen LogP contribution in [0.5, 0.6) is 0 Å². The van der Waals surface area contributed by atoms with E-state index < -0.39 is 0 Å². The summed E-state index contributed by atoms with van der Waals surface area (Å²) in [6, 6.07) is 0. The molecule has 0 fully saturated rings. The minimum absolute atomic E-state index is 0.325. The van der Waals surface area contributed by atoms with Crippen LogP contribution in [0, 0.1) is 11.3 Å². The van der Waals surface area contributed by atoms with Crippen LogP contribution in [0.25, 0.3) is 0 Å². The smallest absolute Gasteiger partial charge is 0.138 e. The zero-order valence-electron chi connectivity index (χ0n) is 12.3. The molecule has 1 rings (SSSR count). The Kier molecular flexibility index (Phi) is 5.83. The van der Waals surface area contributed by atoms with Crippen molar-refractivity contribution in [3.8, 4) is 0 Å². The number of hydrogen-bond acceptors (Lipinski definition) is 2. The molecule has 0 saturated carbocycles. The van der Waals surface area contributed by atoms with Gasteiger partial charge < -0.3 is 0 Å². The van der Waals surface area contributed by atoms with Gasteiger partial charge in [0.1, 0.15) is 12.2 Å². The number of alkyl halides is 1. The molecule has 0 aliphatic heterocycles. The topological polar surface area (TPSA) is 30.7 Å². The van der Waals surface area contributed by atoms with Gasteiger partial charge in [0.15, 0.2) is 0 Å². The SMILES string of the molecule is CC(C)Cn1ncnc1CCCC(Br)C(C)(C)C. The number of aromatic nitrogens is 3. The summed E-state index contributed by atoms with van der Waals surface area (Å²) < 4.78 is 2.05. The van der Waals surface area contributed by atoms with Crippen molar-refractivity contribution in [1.82, 2.24) is 14.8 Å².